The number of thiazole rings is 1. The second-order valence-electron chi connectivity index (χ2n) is 12.8. The number of rotatable bonds is 5. The molecule has 1 spiro atoms. The first-order valence-electron chi connectivity index (χ1n) is 15.2. The van der Waals surface area contributed by atoms with Crippen LogP contribution in [0.3, 0.4) is 0 Å². The van der Waals surface area contributed by atoms with E-state index in [0.29, 0.717) is 82.7 Å². The molecule has 1 aliphatic carbocycles. The Labute approximate surface area is 267 Å². The van der Waals surface area contributed by atoms with Gasteiger partial charge >= 0.3 is 0 Å². The van der Waals surface area contributed by atoms with E-state index in [9.17, 15) is 24.7 Å². The van der Waals surface area contributed by atoms with Crippen LogP contribution >= 0.6 is 11.3 Å². The minimum atomic E-state index is -0.817. The topological polar surface area (TPSA) is 126 Å². The highest BCUT2D eigenvalue weighted by atomic mass is 32.1. The summed E-state index contributed by atoms with van der Waals surface area (Å²) in [4.78, 5) is 28.3. The zero-order chi connectivity index (χ0) is 31.9. The Balaban J connectivity index is 1.12. The van der Waals surface area contributed by atoms with Crippen LogP contribution in [0.2, 0.25) is 0 Å². The van der Waals surface area contributed by atoms with E-state index in [1.165, 1.54) is 29.5 Å². The predicted molar refractivity (Wildman–Crippen MR) is 167 cm³/mol. The third-order valence-electron chi connectivity index (χ3n) is 9.72. The normalized spacial score (nSPS) is 22.9. The number of amides is 1. The lowest BCUT2D eigenvalue weighted by molar-refractivity contribution is -0.152. The van der Waals surface area contributed by atoms with Gasteiger partial charge in [0.1, 0.15) is 28.0 Å². The van der Waals surface area contributed by atoms with Crippen LogP contribution in [0.25, 0.3) is 22.2 Å². The smallest absolute Gasteiger partial charge is 0.230 e. The Kier molecular flexibility index (Phi) is 6.77. The molecule has 4 aromatic rings. The van der Waals surface area contributed by atoms with Crippen molar-refractivity contribution in [2.75, 3.05) is 56.2 Å². The van der Waals surface area contributed by atoms with Crippen LogP contribution in [-0.4, -0.2) is 83.5 Å². The number of halogens is 2. The number of anilines is 3. The minimum Gasteiger partial charge on any atom is -0.390 e. The van der Waals surface area contributed by atoms with Crippen LogP contribution in [0, 0.1) is 34.3 Å². The van der Waals surface area contributed by atoms with Gasteiger partial charge in [0.25, 0.3) is 0 Å². The highest BCUT2D eigenvalue weighted by Crippen LogP contribution is 2.48. The van der Waals surface area contributed by atoms with Gasteiger partial charge in [-0.15, -0.1) is 0 Å². The fraction of sp³-hybridized carbons (Fsp3) is 0.394. The van der Waals surface area contributed by atoms with Gasteiger partial charge in [0.05, 0.1) is 42.7 Å². The summed E-state index contributed by atoms with van der Waals surface area (Å²) in [5.74, 6) is -1.49. The summed E-state index contributed by atoms with van der Waals surface area (Å²) in [6, 6.07) is 11.4. The average molecular weight is 645 g/mol. The Hall–Kier alpha value is -4.22. The summed E-state index contributed by atoms with van der Waals surface area (Å²) in [6.07, 6.45) is -0.576. The number of likely N-dealkylation sites (tertiary alicyclic amines) is 1. The van der Waals surface area contributed by atoms with E-state index in [4.69, 9.17) is 9.72 Å². The summed E-state index contributed by atoms with van der Waals surface area (Å²) in [5, 5.41) is 31.8. The molecule has 1 amide bonds. The van der Waals surface area contributed by atoms with Gasteiger partial charge in [-0.05, 0) is 49.2 Å². The number of nitriles is 1. The van der Waals surface area contributed by atoms with Crippen molar-refractivity contribution in [2.24, 2.45) is 11.3 Å². The second-order valence-corrected chi connectivity index (χ2v) is 13.8. The maximum absolute atomic E-state index is 15.9. The number of carbonyl (C=O) groups excluding carboxylic acids is 1. The summed E-state index contributed by atoms with van der Waals surface area (Å²) in [6.45, 7) is 2.92. The van der Waals surface area contributed by atoms with E-state index >= 15 is 4.39 Å². The molecule has 0 bridgehead atoms. The molecular formula is C33H30F2N6O4S. The fourth-order valence-electron chi connectivity index (χ4n) is 7.36. The van der Waals surface area contributed by atoms with E-state index < -0.39 is 23.9 Å². The second kappa shape index (κ2) is 10.7. The van der Waals surface area contributed by atoms with Gasteiger partial charge in [0.2, 0.25) is 5.91 Å². The molecule has 4 aliphatic rings. The van der Waals surface area contributed by atoms with Crippen molar-refractivity contribution in [2.45, 2.75) is 25.0 Å². The molecule has 3 saturated heterocycles. The van der Waals surface area contributed by atoms with Crippen molar-refractivity contribution < 1.29 is 28.5 Å². The van der Waals surface area contributed by atoms with Gasteiger partial charge in [-0.3, -0.25) is 4.79 Å². The molecular weight excluding hydrogens is 614 g/mol. The number of aromatic nitrogens is 2. The highest BCUT2D eigenvalue weighted by molar-refractivity contribution is 7.16. The quantitative estimate of drug-likeness (QED) is 0.333. The zero-order valence-electron chi connectivity index (χ0n) is 24.9. The van der Waals surface area contributed by atoms with Crippen molar-refractivity contribution >= 4 is 44.7 Å². The molecule has 2 aromatic heterocycles. The Bertz CT molecular complexity index is 1930. The maximum atomic E-state index is 15.9. The summed E-state index contributed by atoms with van der Waals surface area (Å²) >= 11 is 1.19. The molecule has 0 radical (unpaired) electrons. The molecule has 2 aromatic carbocycles. The number of aliphatic hydroxyl groups excluding tert-OH is 2. The van der Waals surface area contributed by atoms with E-state index in [0.717, 1.165) is 5.56 Å². The fourth-order valence-corrected chi connectivity index (χ4v) is 8.22. The van der Waals surface area contributed by atoms with Gasteiger partial charge in [0.15, 0.2) is 10.9 Å². The number of carbonyl (C=O) groups is 1. The van der Waals surface area contributed by atoms with Gasteiger partial charge in [-0.25, -0.2) is 18.7 Å². The first-order chi connectivity index (χ1) is 22.1. The van der Waals surface area contributed by atoms with Crippen molar-refractivity contribution in [1.82, 2.24) is 14.9 Å². The number of benzene rings is 2. The highest BCUT2D eigenvalue weighted by Gasteiger charge is 2.54. The molecule has 3 atom stereocenters. The van der Waals surface area contributed by atoms with Gasteiger partial charge in [0, 0.05) is 60.8 Å². The molecule has 3 aliphatic heterocycles. The molecule has 236 valence electrons. The molecule has 2 N–H and O–H groups in total. The zero-order valence-corrected chi connectivity index (χ0v) is 25.7. The van der Waals surface area contributed by atoms with Gasteiger partial charge in [-0.1, -0.05) is 11.3 Å². The Morgan fingerprint density at radius 2 is 1.89 bits per heavy atom. The predicted octanol–water partition coefficient (Wildman–Crippen LogP) is 3.91. The molecule has 13 heteroatoms. The van der Waals surface area contributed by atoms with E-state index in [1.54, 1.807) is 17.0 Å². The molecule has 3 fully saturated rings. The third-order valence-corrected chi connectivity index (χ3v) is 10.8. The molecule has 46 heavy (non-hydrogen) atoms. The average Bonchev–Trinajstić information content (AvgIpc) is 3.73. The number of pyridine rings is 1. The van der Waals surface area contributed by atoms with Gasteiger partial charge < -0.3 is 29.6 Å². The van der Waals surface area contributed by atoms with E-state index in [1.807, 2.05) is 18.0 Å². The molecule has 10 nitrogen and oxygen atoms in total. The summed E-state index contributed by atoms with van der Waals surface area (Å²) in [7, 11) is 1.81. The van der Waals surface area contributed by atoms with Crippen LogP contribution < -0.4 is 9.80 Å². The molecule has 5 heterocycles. The van der Waals surface area contributed by atoms with Gasteiger partial charge in [-0.2, -0.15) is 5.26 Å². The van der Waals surface area contributed by atoms with E-state index in [-0.39, 0.29) is 35.9 Å². The maximum Gasteiger partial charge on any atom is 0.230 e. The van der Waals surface area contributed by atoms with Crippen LogP contribution in [0.5, 0.6) is 0 Å². The largest absolute Gasteiger partial charge is 0.390 e. The SMILES string of the molecule is CN(c1nc(-c2ccc(F)cc2)c(C#N)s1)c1c2c(nc3c(F)cc(N4CC5(CN(C(=O)C6COCC6O)C5)C4)cc13)C(O)CC2. The van der Waals surface area contributed by atoms with Crippen molar-refractivity contribution in [3.8, 4) is 17.3 Å². The first kappa shape index (κ1) is 29.2. The Morgan fingerprint density at radius 1 is 1.13 bits per heavy atom. The van der Waals surface area contributed by atoms with Crippen LogP contribution in [0.4, 0.5) is 25.3 Å². The lowest BCUT2D eigenvalue weighted by Gasteiger charge is -2.61. The number of hydrogen-bond acceptors (Lipinski definition) is 10. The van der Waals surface area contributed by atoms with Crippen LogP contribution in [0.15, 0.2) is 36.4 Å². The number of fused-ring (bicyclic) bond motifs is 2. The number of ether oxygens (including phenoxy) is 1. The number of aliphatic hydroxyl groups is 2. The van der Waals surface area contributed by atoms with Crippen molar-refractivity contribution in [3.05, 3.63) is 64.2 Å². The standard InChI is InChI=1S/C33H30F2N6O4S/c1-39(32-38-27(26(10-36)46-32)17-2-4-18(34)5-3-17)30-20-6-7-24(42)29(20)37-28-21(30)8-19(9-23(28)35)40-13-33(14-40)15-41(16-33)31(44)22-11-45-12-25(22)43/h2-5,8-9,22,24-25,42-43H,6-7,11-16H2,1H3. The monoisotopic (exact) mass is 644 g/mol. The van der Waals surface area contributed by atoms with Crippen molar-refractivity contribution in [1.29, 1.82) is 5.26 Å². The van der Waals surface area contributed by atoms with Crippen LogP contribution in [0.1, 0.15) is 28.7 Å². The number of hydrogen-bond donors (Lipinski definition) is 2. The minimum absolute atomic E-state index is 0.0727. The molecule has 3 unspecified atom stereocenters. The van der Waals surface area contributed by atoms with Crippen molar-refractivity contribution in [3.63, 3.8) is 0 Å². The Morgan fingerprint density at radius 3 is 2.59 bits per heavy atom. The molecule has 0 saturated carbocycles. The van der Waals surface area contributed by atoms with Crippen LogP contribution in [-0.2, 0) is 16.0 Å². The summed E-state index contributed by atoms with van der Waals surface area (Å²) < 4.78 is 34.7. The first-order valence-corrected chi connectivity index (χ1v) is 16.0. The van der Waals surface area contributed by atoms with E-state index in [2.05, 4.69) is 16.0 Å². The lowest BCUT2D eigenvalue weighted by atomic mass is 9.72. The third kappa shape index (κ3) is 4.54. The molecule has 8 rings (SSSR count). The summed E-state index contributed by atoms with van der Waals surface area (Å²) in [5.41, 5.74) is 3.74. The number of nitrogens with zero attached hydrogens (tertiary/aromatic N) is 6. The lowest BCUT2D eigenvalue weighted by Crippen LogP contribution is -2.73.